The predicted molar refractivity (Wildman–Crippen MR) is 80.0 cm³/mol. The van der Waals surface area contributed by atoms with Gasteiger partial charge in [0.25, 0.3) is 0 Å². The molecule has 0 spiro atoms. The van der Waals surface area contributed by atoms with Gasteiger partial charge in [0.2, 0.25) is 0 Å². The van der Waals surface area contributed by atoms with Gasteiger partial charge < -0.3 is 14.2 Å². The minimum Gasteiger partial charge on any atom is -0.441 e. The van der Waals surface area contributed by atoms with Crippen LogP contribution < -0.4 is 4.90 Å². The van der Waals surface area contributed by atoms with Crippen LogP contribution in [0.4, 0.5) is 5.88 Å². The fourth-order valence-corrected chi connectivity index (χ4v) is 2.59. The van der Waals surface area contributed by atoms with E-state index in [0.717, 1.165) is 37.6 Å². The first kappa shape index (κ1) is 12.5. The smallest absolute Gasteiger partial charge is 0.196 e. The van der Waals surface area contributed by atoms with Gasteiger partial charge >= 0.3 is 0 Å². The number of rotatable bonds is 2. The first-order valence-corrected chi connectivity index (χ1v) is 7.10. The average molecular weight is 258 g/mol. The van der Waals surface area contributed by atoms with Gasteiger partial charge in [-0.3, -0.25) is 0 Å². The third kappa shape index (κ3) is 2.47. The number of benzene rings is 1. The zero-order valence-corrected chi connectivity index (χ0v) is 12.0. The van der Waals surface area contributed by atoms with Crippen LogP contribution in [0.2, 0.25) is 0 Å². The van der Waals surface area contributed by atoms with Gasteiger partial charge in [0.1, 0.15) is 5.58 Å². The minimum absolute atomic E-state index is 0.561. The first-order chi connectivity index (χ1) is 9.13. The normalized spacial score (nSPS) is 17.6. The quantitative estimate of drug-likeness (QED) is 0.824. The van der Waals surface area contributed by atoms with E-state index in [2.05, 4.69) is 55.0 Å². The number of furan rings is 1. The molecule has 0 radical (unpaired) electrons. The summed E-state index contributed by atoms with van der Waals surface area (Å²) in [7, 11) is 2.17. The molecule has 1 aromatic heterocycles. The van der Waals surface area contributed by atoms with Crippen LogP contribution in [0.15, 0.2) is 28.7 Å². The molecule has 1 saturated heterocycles. The van der Waals surface area contributed by atoms with Crippen molar-refractivity contribution < 1.29 is 4.42 Å². The molecular weight excluding hydrogens is 236 g/mol. The van der Waals surface area contributed by atoms with Crippen molar-refractivity contribution in [1.82, 2.24) is 4.90 Å². The summed E-state index contributed by atoms with van der Waals surface area (Å²) in [5, 5.41) is 1.22. The van der Waals surface area contributed by atoms with E-state index < -0.39 is 0 Å². The number of fused-ring (bicyclic) bond motifs is 1. The van der Waals surface area contributed by atoms with Gasteiger partial charge in [0, 0.05) is 37.6 Å². The maximum absolute atomic E-state index is 5.98. The van der Waals surface area contributed by atoms with E-state index in [9.17, 15) is 0 Å². The zero-order chi connectivity index (χ0) is 13.4. The Labute approximate surface area is 114 Å². The Balaban J connectivity index is 1.89. The van der Waals surface area contributed by atoms with Gasteiger partial charge in [0.15, 0.2) is 5.88 Å². The molecule has 1 aromatic carbocycles. The van der Waals surface area contributed by atoms with E-state index in [1.807, 2.05) is 0 Å². The van der Waals surface area contributed by atoms with E-state index in [1.165, 1.54) is 10.9 Å². The van der Waals surface area contributed by atoms with Crippen molar-refractivity contribution >= 4 is 16.9 Å². The molecule has 1 fully saturated rings. The third-order valence-electron chi connectivity index (χ3n) is 4.01. The largest absolute Gasteiger partial charge is 0.441 e. The van der Waals surface area contributed by atoms with Crippen LogP contribution in [0.25, 0.3) is 11.0 Å². The van der Waals surface area contributed by atoms with Crippen molar-refractivity contribution in [3.63, 3.8) is 0 Å². The predicted octanol–water partition coefficient (Wildman–Crippen LogP) is 3.31. The second-order valence-corrected chi connectivity index (χ2v) is 5.83. The minimum atomic E-state index is 0.561. The van der Waals surface area contributed by atoms with Crippen LogP contribution >= 0.6 is 0 Å². The molecule has 0 unspecified atom stereocenters. The molecule has 2 aromatic rings. The van der Waals surface area contributed by atoms with E-state index in [-0.39, 0.29) is 0 Å². The van der Waals surface area contributed by atoms with Gasteiger partial charge in [-0.1, -0.05) is 19.9 Å². The van der Waals surface area contributed by atoms with Crippen molar-refractivity contribution in [3.8, 4) is 0 Å². The van der Waals surface area contributed by atoms with Crippen LogP contribution in [0.1, 0.15) is 25.3 Å². The highest BCUT2D eigenvalue weighted by Crippen LogP contribution is 2.29. The van der Waals surface area contributed by atoms with Gasteiger partial charge in [0.05, 0.1) is 0 Å². The fraction of sp³-hybridized carbons (Fsp3) is 0.500. The maximum atomic E-state index is 5.98. The number of hydrogen-bond donors (Lipinski definition) is 0. The molecule has 0 N–H and O–H groups in total. The molecule has 0 aliphatic carbocycles. The Kier molecular flexibility index (Phi) is 3.23. The summed E-state index contributed by atoms with van der Waals surface area (Å²) in [6, 6.07) is 8.71. The number of likely N-dealkylation sites (N-methyl/N-ethyl adjacent to an activating group) is 1. The fourth-order valence-electron chi connectivity index (χ4n) is 2.59. The Morgan fingerprint density at radius 2 is 1.79 bits per heavy atom. The molecule has 19 heavy (non-hydrogen) atoms. The van der Waals surface area contributed by atoms with Crippen molar-refractivity contribution in [2.45, 2.75) is 19.8 Å². The van der Waals surface area contributed by atoms with Gasteiger partial charge in [-0.05, 0) is 30.7 Å². The van der Waals surface area contributed by atoms with E-state index in [1.54, 1.807) is 0 Å². The number of nitrogens with zero attached hydrogens (tertiary/aromatic N) is 2. The highest BCUT2D eigenvalue weighted by atomic mass is 16.4. The Morgan fingerprint density at radius 3 is 2.47 bits per heavy atom. The standard InChI is InChI=1S/C16H22N2O/c1-12(2)13-4-5-15-14(10-13)11-16(19-15)18-8-6-17(3)7-9-18/h4-5,10-12H,6-9H2,1-3H3. The lowest BCUT2D eigenvalue weighted by atomic mass is 10.0. The van der Waals surface area contributed by atoms with Crippen molar-refractivity contribution in [2.75, 3.05) is 38.1 Å². The molecule has 2 heterocycles. The van der Waals surface area contributed by atoms with Crippen LogP contribution in [-0.4, -0.2) is 38.1 Å². The lowest BCUT2D eigenvalue weighted by Gasteiger charge is -2.32. The second-order valence-electron chi connectivity index (χ2n) is 5.83. The van der Waals surface area contributed by atoms with Crippen molar-refractivity contribution in [1.29, 1.82) is 0 Å². The van der Waals surface area contributed by atoms with E-state index in [0.29, 0.717) is 5.92 Å². The van der Waals surface area contributed by atoms with Crippen LogP contribution in [0, 0.1) is 0 Å². The second kappa shape index (κ2) is 4.89. The highest BCUT2D eigenvalue weighted by Gasteiger charge is 2.17. The van der Waals surface area contributed by atoms with E-state index in [4.69, 9.17) is 4.42 Å². The number of anilines is 1. The first-order valence-electron chi connectivity index (χ1n) is 7.10. The zero-order valence-electron chi connectivity index (χ0n) is 12.0. The van der Waals surface area contributed by atoms with Crippen molar-refractivity contribution in [2.24, 2.45) is 0 Å². The lowest BCUT2D eigenvalue weighted by molar-refractivity contribution is 0.307. The van der Waals surface area contributed by atoms with Crippen LogP contribution in [0.5, 0.6) is 0 Å². The summed E-state index contributed by atoms with van der Waals surface area (Å²) in [4.78, 5) is 4.70. The SMILES string of the molecule is CC(C)c1ccc2oc(N3CCN(C)CC3)cc2c1. The number of piperazine rings is 1. The summed E-state index contributed by atoms with van der Waals surface area (Å²) < 4.78 is 5.98. The molecule has 0 saturated carbocycles. The van der Waals surface area contributed by atoms with Crippen LogP contribution in [0.3, 0.4) is 0 Å². The summed E-state index contributed by atoms with van der Waals surface area (Å²) >= 11 is 0. The monoisotopic (exact) mass is 258 g/mol. The molecule has 0 bridgehead atoms. The molecule has 0 amide bonds. The summed E-state index contributed by atoms with van der Waals surface area (Å²) in [6.07, 6.45) is 0. The number of hydrogen-bond acceptors (Lipinski definition) is 3. The van der Waals surface area contributed by atoms with Gasteiger partial charge in [-0.15, -0.1) is 0 Å². The maximum Gasteiger partial charge on any atom is 0.196 e. The van der Waals surface area contributed by atoms with E-state index >= 15 is 0 Å². The topological polar surface area (TPSA) is 19.6 Å². The average Bonchev–Trinajstić information content (AvgIpc) is 2.82. The van der Waals surface area contributed by atoms with Crippen molar-refractivity contribution in [3.05, 3.63) is 29.8 Å². The Bertz CT molecular complexity index is 565. The highest BCUT2D eigenvalue weighted by molar-refractivity contribution is 5.82. The third-order valence-corrected chi connectivity index (χ3v) is 4.01. The lowest BCUT2D eigenvalue weighted by Crippen LogP contribution is -2.44. The van der Waals surface area contributed by atoms with Gasteiger partial charge in [-0.2, -0.15) is 0 Å². The molecule has 1 aliphatic rings. The summed E-state index contributed by atoms with van der Waals surface area (Å²) in [5.41, 5.74) is 2.37. The molecule has 1 aliphatic heterocycles. The Hall–Kier alpha value is -1.48. The molecule has 3 heteroatoms. The summed E-state index contributed by atoms with van der Waals surface area (Å²) in [5.74, 6) is 1.58. The molecule has 102 valence electrons. The molecule has 3 rings (SSSR count). The van der Waals surface area contributed by atoms with Crippen LogP contribution in [-0.2, 0) is 0 Å². The molecular formula is C16H22N2O. The molecule has 0 atom stereocenters. The molecule has 3 nitrogen and oxygen atoms in total. The Morgan fingerprint density at radius 1 is 1.05 bits per heavy atom. The summed E-state index contributed by atoms with van der Waals surface area (Å²) in [6.45, 7) is 8.76. The van der Waals surface area contributed by atoms with Gasteiger partial charge in [-0.25, -0.2) is 0 Å².